The molecule has 2 aromatic carbocycles. The lowest BCUT2D eigenvalue weighted by Gasteiger charge is -2.24. The van der Waals surface area contributed by atoms with E-state index in [1.165, 1.54) is 22.4 Å². The van der Waals surface area contributed by atoms with Crippen molar-refractivity contribution in [3.05, 3.63) is 70.5 Å². The predicted octanol–water partition coefficient (Wildman–Crippen LogP) is 5.11. The zero-order valence-electron chi connectivity index (χ0n) is 20.5. The molecule has 2 N–H and O–H groups in total. The summed E-state index contributed by atoms with van der Waals surface area (Å²) in [5, 5.41) is 16.6. The summed E-state index contributed by atoms with van der Waals surface area (Å²) >= 11 is 6.38. The monoisotopic (exact) mass is 531 g/mol. The normalized spacial score (nSPS) is 15.9. The molecule has 0 aliphatic heterocycles. The second-order valence-corrected chi connectivity index (χ2v) is 12.4. The number of benzene rings is 2. The van der Waals surface area contributed by atoms with Crippen LogP contribution >= 0.6 is 11.6 Å². The summed E-state index contributed by atoms with van der Waals surface area (Å²) in [5.74, 6) is -0.273. The molecule has 0 saturated heterocycles. The second-order valence-electron chi connectivity index (χ2n) is 9.97. The van der Waals surface area contributed by atoms with Gasteiger partial charge in [-0.15, -0.1) is 0 Å². The second kappa shape index (κ2) is 10.2. The van der Waals surface area contributed by atoms with Crippen LogP contribution in [0.5, 0.6) is 11.5 Å². The third-order valence-electron chi connectivity index (χ3n) is 6.28. The van der Waals surface area contributed by atoms with Crippen molar-refractivity contribution in [3.63, 3.8) is 0 Å². The molecule has 36 heavy (non-hydrogen) atoms. The van der Waals surface area contributed by atoms with E-state index < -0.39 is 15.8 Å². The van der Waals surface area contributed by atoms with Crippen molar-refractivity contribution < 1.29 is 23.1 Å². The number of sulfone groups is 1. The average molecular weight is 532 g/mol. The molecule has 1 aliphatic rings. The Bertz CT molecular complexity index is 1360. The number of hydrogen-bond acceptors (Lipinski definition) is 6. The number of hydrogen-bond donors (Lipinski definition) is 2. The van der Waals surface area contributed by atoms with Gasteiger partial charge in [-0.25, -0.2) is 8.42 Å². The van der Waals surface area contributed by atoms with Gasteiger partial charge in [-0.05, 0) is 60.6 Å². The summed E-state index contributed by atoms with van der Waals surface area (Å²) in [7, 11) is -3.68. The summed E-state index contributed by atoms with van der Waals surface area (Å²) in [4.78, 5) is 11.2. The Morgan fingerprint density at radius 1 is 1.22 bits per heavy atom. The number of aliphatic carboxylic acids is 1. The van der Waals surface area contributed by atoms with Crippen molar-refractivity contribution in [1.29, 1.82) is 0 Å². The van der Waals surface area contributed by atoms with Crippen molar-refractivity contribution in [2.45, 2.75) is 62.9 Å². The topological polar surface area (TPSA) is 111 Å². The van der Waals surface area contributed by atoms with Crippen LogP contribution in [-0.2, 0) is 33.0 Å². The number of carboxylic acid groups (broad SMARTS) is 1. The average Bonchev–Trinajstić information content (AvgIpc) is 3.21. The zero-order valence-corrected chi connectivity index (χ0v) is 22.1. The number of carboxylic acids is 1. The Labute approximate surface area is 216 Å². The molecule has 4 rings (SSSR count). The predicted molar refractivity (Wildman–Crippen MR) is 137 cm³/mol. The number of aromatic nitrogens is 2. The van der Waals surface area contributed by atoms with Crippen LogP contribution in [0.2, 0.25) is 5.02 Å². The van der Waals surface area contributed by atoms with Crippen LogP contribution in [0.1, 0.15) is 56.5 Å². The first kappa shape index (κ1) is 26.2. The highest BCUT2D eigenvalue weighted by Crippen LogP contribution is 2.34. The molecule has 0 saturated carbocycles. The molecule has 0 radical (unpaired) electrons. The van der Waals surface area contributed by atoms with E-state index in [1.54, 1.807) is 12.3 Å². The Balaban J connectivity index is 1.44. The largest absolute Gasteiger partial charge is 0.480 e. The SMILES string of the molecule is CC(C)(C)c1ccc(Oc2ccc(S(=O)(=O)CN[C@@H]3CCCc4c3cnn4CC(=O)O)cc2Cl)cc1. The third kappa shape index (κ3) is 5.91. The molecule has 0 bridgehead atoms. The number of rotatable bonds is 8. The number of nitrogens with zero attached hydrogens (tertiary/aromatic N) is 2. The summed E-state index contributed by atoms with van der Waals surface area (Å²) in [5.41, 5.74) is 2.88. The highest BCUT2D eigenvalue weighted by molar-refractivity contribution is 7.91. The van der Waals surface area contributed by atoms with Crippen LogP contribution in [0.4, 0.5) is 0 Å². The van der Waals surface area contributed by atoms with Gasteiger partial charge in [0.25, 0.3) is 0 Å². The highest BCUT2D eigenvalue weighted by atomic mass is 35.5. The first-order valence-electron chi connectivity index (χ1n) is 11.7. The van der Waals surface area contributed by atoms with Gasteiger partial charge >= 0.3 is 5.97 Å². The van der Waals surface area contributed by atoms with E-state index in [2.05, 4.69) is 31.2 Å². The van der Waals surface area contributed by atoms with Crippen LogP contribution in [0.15, 0.2) is 53.6 Å². The molecular formula is C26H30ClN3O5S. The quantitative estimate of drug-likeness (QED) is 0.415. The van der Waals surface area contributed by atoms with Gasteiger partial charge in [0.2, 0.25) is 0 Å². The van der Waals surface area contributed by atoms with Crippen molar-refractivity contribution in [3.8, 4) is 11.5 Å². The molecule has 0 amide bonds. The molecule has 1 aromatic heterocycles. The summed E-state index contributed by atoms with van der Waals surface area (Å²) < 4.78 is 33.4. The number of fused-ring (bicyclic) bond motifs is 1. The van der Waals surface area contributed by atoms with Gasteiger partial charge < -0.3 is 9.84 Å². The van der Waals surface area contributed by atoms with E-state index >= 15 is 0 Å². The van der Waals surface area contributed by atoms with E-state index in [4.69, 9.17) is 21.4 Å². The number of ether oxygens (including phenoxy) is 1. The van der Waals surface area contributed by atoms with Crippen molar-refractivity contribution in [1.82, 2.24) is 15.1 Å². The van der Waals surface area contributed by atoms with Crippen LogP contribution < -0.4 is 10.1 Å². The molecule has 10 heteroatoms. The smallest absolute Gasteiger partial charge is 0.325 e. The third-order valence-corrected chi connectivity index (χ3v) is 8.09. The summed E-state index contributed by atoms with van der Waals surface area (Å²) in [6.07, 6.45) is 3.88. The van der Waals surface area contributed by atoms with Crippen LogP contribution in [0.25, 0.3) is 0 Å². The van der Waals surface area contributed by atoms with E-state index in [1.807, 2.05) is 24.3 Å². The first-order valence-corrected chi connectivity index (χ1v) is 13.8. The van der Waals surface area contributed by atoms with Crippen molar-refractivity contribution >= 4 is 27.4 Å². The first-order chi connectivity index (χ1) is 16.9. The van der Waals surface area contributed by atoms with Crippen LogP contribution in [0, 0.1) is 0 Å². The Kier molecular flexibility index (Phi) is 7.45. The van der Waals surface area contributed by atoms with Gasteiger partial charge in [0, 0.05) is 17.3 Å². The minimum absolute atomic E-state index is 0.0262. The maximum absolute atomic E-state index is 13.0. The van der Waals surface area contributed by atoms with E-state index in [0.29, 0.717) is 17.9 Å². The lowest BCUT2D eigenvalue weighted by atomic mass is 9.87. The number of nitrogens with one attached hydrogen (secondary N) is 1. The number of halogens is 1. The molecule has 192 valence electrons. The molecule has 8 nitrogen and oxygen atoms in total. The summed E-state index contributed by atoms with van der Waals surface area (Å²) in [6.45, 7) is 6.18. The molecule has 0 unspecified atom stereocenters. The van der Waals surface area contributed by atoms with Crippen LogP contribution in [-0.4, -0.2) is 35.2 Å². The van der Waals surface area contributed by atoms with E-state index in [9.17, 15) is 13.2 Å². The van der Waals surface area contributed by atoms with E-state index in [0.717, 1.165) is 24.1 Å². The molecule has 1 aliphatic carbocycles. The van der Waals surface area contributed by atoms with Gasteiger partial charge in [-0.3, -0.25) is 14.8 Å². The standard InChI is InChI=1S/C26H30ClN3O5S/c1-26(2,3)17-7-9-18(10-8-17)35-24-12-11-19(13-21(24)27)36(33,34)16-28-22-5-4-6-23-20(22)14-29-30(23)15-25(31)32/h7-14,22,28H,4-6,15-16H2,1-3H3,(H,31,32)/t22-/m1/s1. The van der Waals surface area contributed by atoms with Gasteiger partial charge in [0.1, 0.15) is 23.9 Å². The van der Waals surface area contributed by atoms with Gasteiger partial charge in [-0.2, -0.15) is 5.10 Å². The molecular weight excluding hydrogens is 502 g/mol. The highest BCUT2D eigenvalue weighted by Gasteiger charge is 2.27. The Morgan fingerprint density at radius 2 is 1.94 bits per heavy atom. The van der Waals surface area contributed by atoms with Gasteiger partial charge in [0.05, 0.1) is 16.1 Å². The number of carbonyl (C=O) groups is 1. The molecule has 0 fully saturated rings. The fraction of sp³-hybridized carbons (Fsp3) is 0.385. The maximum atomic E-state index is 13.0. The molecule has 3 aromatic rings. The molecule has 0 spiro atoms. The lowest BCUT2D eigenvalue weighted by molar-refractivity contribution is -0.137. The summed E-state index contributed by atoms with van der Waals surface area (Å²) in [6, 6.07) is 11.9. The van der Waals surface area contributed by atoms with Crippen molar-refractivity contribution in [2.24, 2.45) is 0 Å². The van der Waals surface area contributed by atoms with Gasteiger partial charge in [0.15, 0.2) is 9.84 Å². The fourth-order valence-corrected chi connectivity index (χ4v) is 5.74. The fourth-order valence-electron chi connectivity index (χ4n) is 4.30. The molecule has 1 heterocycles. The minimum Gasteiger partial charge on any atom is -0.480 e. The van der Waals surface area contributed by atoms with Crippen molar-refractivity contribution in [2.75, 3.05) is 5.88 Å². The maximum Gasteiger partial charge on any atom is 0.325 e. The zero-order chi connectivity index (χ0) is 26.1. The lowest BCUT2D eigenvalue weighted by Crippen LogP contribution is -2.30. The van der Waals surface area contributed by atoms with Gasteiger partial charge in [-0.1, -0.05) is 44.5 Å². The minimum atomic E-state index is -3.68. The van der Waals surface area contributed by atoms with E-state index in [-0.39, 0.29) is 33.8 Å². The van der Waals surface area contributed by atoms with Crippen LogP contribution in [0.3, 0.4) is 0 Å². The Hall–Kier alpha value is -2.88. The molecule has 1 atom stereocenters. The Morgan fingerprint density at radius 3 is 2.58 bits per heavy atom.